The average Bonchev–Trinajstić information content (AvgIpc) is 2.96. The van der Waals surface area contributed by atoms with Crippen molar-refractivity contribution in [3.8, 4) is 16.9 Å². The highest BCUT2D eigenvalue weighted by atomic mass is 16.5. The number of rotatable bonds is 4. The van der Waals surface area contributed by atoms with Gasteiger partial charge in [-0.2, -0.15) is 0 Å². The third-order valence-corrected chi connectivity index (χ3v) is 5.46. The second kappa shape index (κ2) is 7.16. The summed E-state index contributed by atoms with van der Waals surface area (Å²) in [4.78, 5) is 2.53. The van der Waals surface area contributed by atoms with E-state index in [0.29, 0.717) is 0 Å². The minimum atomic E-state index is 0.772. The highest BCUT2D eigenvalue weighted by Crippen LogP contribution is 2.38. The van der Waals surface area contributed by atoms with Crippen molar-refractivity contribution in [2.75, 3.05) is 20.2 Å². The second-order valence-electron chi connectivity index (χ2n) is 7.54. The van der Waals surface area contributed by atoms with Gasteiger partial charge >= 0.3 is 0 Å². The second-order valence-corrected chi connectivity index (χ2v) is 7.54. The fourth-order valence-electron chi connectivity index (χ4n) is 4.24. The number of aryl methyl sites for hydroxylation is 1. The highest BCUT2D eigenvalue weighted by Gasteiger charge is 2.20. The standard InChI is InChI=1S/C23H27NO2/c1-16-8-7-11-24(14-16)15-19-12-22-20(13-21(19)25-3)23(17(2)26-22)18-9-5-4-6-10-18/h4-6,9-10,12-13,16H,7-8,11,14-15H2,1-3H3. The number of hydrogen-bond acceptors (Lipinski definition) is 3. The Hall–Kier alpha value is -2.26. The molecule has 1 fully saturated rings. The number of furan rings is 1. The van der Waals surface area contributed by atoms with Gasteiger partial charge in [0.05, 0.1) is 7.11 Å². The minimum Gasteiger partial charge on any atom is -0.496 e. The Balaban J connectivity index is 1.74. The Morgan fingerprint density at radius 2 is 2.00 bits per heavy atom. The van der Waals surface area contributed by atoms with E-state index >= 15 is 0 Å². The Labute approximate surface area is 155 Å². The lowest BCUT2D eigenvalue weighted by Crippen LogP contribution is -2.33. The number of ether oxygens (including phenoxy) is 1. The molecule has 1 atom stereocenters. The van der Waals surface area contributed by atoms with Crippen molar-refractivity contribution in [2.45, 2.75) is 33.2 Å². The largest absolute Gasteiger partial charge is 0.496 e. The van der Waals surface area contributed by atoms with E-state index in [2.05, 4.69) is 48.2 Å². The summed E-state index contributed by atoms with van der Waals surface area (Å²) in [6, 6.07) is 14.8. The molecule has 136 valence electrons. The first-order chi connectivity index (χ1) is 12.7. The van der Waals surface area contributed by atoms with Crippen LogP contribution in [0, 0.1) is 12.8 Å². The predicted octanol–water partition coefficient (Wildman–Crippen LogP) is 5.65. The fraction of sp³-hybridized carbons (Fsp3) is 0.391. The number of piperidine rings is 1. The quantitative estimate of drug-likeness (QED) is 0.609. The molecule has 3 heteroatoms. The zero-order valence-electron chi connectivity index (χ0n) is 15.9. The first kappa shape index (κ1) is 17.2. The lowest BCUT2D eigenvalue weighted by atomic mass is 9.98. The van der Waals surface area contributed by atoms with Gasteiger partial charge in [0, 0.05) is 29.6 Å². The van der Waals surface area contributed by atoms with Crippen LogP contribution in [0.4, 0.5) is 0 Å². The molecule has 3 nitrogen and oxygen atoms in total. The van der Waals surface area contributed by atoms with Crippen LogP contribution in [0.15, 0.2) is 46.9 Å². The highest BCUT2D eigenvalue weighted by molar-refractivity contribution is 5.97. The molecule has 26 heavy (non-hydrogen) atoms. The Bertz CT molecular complexity index is 897. The van der Waals surface area contributed by atoms with Gasteiger partial charge < -0.3 is 9.15 Å². The van der Waals surface area contributed by atoms with Crippen LogP contribution in [-0.4, -0.2) is 25.1 Å². The van der Waals surface area contributed by atoms with Crippen LogP contribution in [0.1, 0.15) is 31.1 Å². The summed E-state index contributed by atoms with van der Waals surface area (Å²) < 4.78 is 11.9. The third-order valence-electron chi connectivity index (χ3n) is 5.46. The zero-order chi connectivity index (χ0) is 18.1. The topological polar surface area (TPSA) is 25.6 Å². The molecule has 0 N–H and O–H groups in total. The van der Waals surface area contributed by atoms with Gasteiger partial charge in [0.15, 0.2) is 0 Å². The number of benzene rings is 2. The third kappa shape index (κ3) is 3.24. The monoisotopic (exact) mass is 349 g/mol. The molecule has 1 aliphatic rings. The molecule has 0 saturated carbocycles. The normalized spacial score (nSPS) is 18.3. The SMILES string of the molecule is COc1cc2c(-c3ccccc3)c(C)oc2cc1CN1CCCC(C)C1. The molecule has 4 rings (SSSR count). The van der Waals surface area contributed by atoms with Crippen LogP contribution in [0.5, 0.6) is 5.75 Å². The summed E-state index contributed by atoms with van der Waals surface area (Å²) in [5.74, 6) is 2.68. The molecular formula is C23H27NO2. The van der Waals surface area contributed by atoms with Crippen molar-refractivity contribution >= 4 is 11.0 Å². The Kier molecular flexibility index (Phi) is 4.73. The van der Waals surface area contributed by atoms with Crippen LogP contribution in [0.2, 0.25) is 0 Å². The maximum Gasteiger partial charge on any atom is 0.135 e. The molecule has 2 heterocycles. The van der Waals surface area contributed by atoms with Gasteiger partial charge in [-0.15, -0.1) is 0 Å². The van der Waals surface area contributed by atoms with Crippen LogP contribution in [-0.2, 0) is 6.54 Å². The van der Waals surface area contributed by atoms with Crippen molar-refractivity contribution in [3.05, 3.63) is 53.8 Å². The molecule has 0 spiro atoms. The molecule has 1 aliphatic heterocycles. The summed E-state index contributed by atoms with van der Waals surface area (Å²) >= 11 is 0. The van der Waals surface area contributed by atoms with Crippen molar-refractivity contribution in [1.29, 1.82) is 0 Å². The van der Waals surface area contributed by atoms with Gasteiger partial charge in [0.1, 0.15) is 17.1 Å². The molecule has 0 bridgehead atoms. The lowest BCUT2D eigenvalue weighted by Gasteiger charge is -2.31. The molecule has 3 aromatic rings. The molecule has 2 aromatic carbocycles. The summed E-state index contributed by atoms with van der Waals surface area (Å²) in [6.07, 6.45) is 2.62. The first-order valence-corrected chi connectivity index (χ1v) is 9.53. The molecule has 0 aliphatic carbocycles. The number of likely N-dealkylation sites (tertiary alicyclic amines) is 1. The van der Waals surface area contributed by atoms with E-state index in [1.54, 1.807) is 7.11 Å². The minimum absolute atomic E-state index is 0.772. The molecule has 0 amide bonds. The number of fused-ring (bicyclic) bond motifs is 1. The van der Waals surface area contributed by atoms with Crippen LogP contribution in [0.3, 0.4) is 0 Å². The summed E-state index contributed by atoms with van der Waals surface area (Å²) in [7, 11) is 1.76. The molecule has 1 aromatic heterocycles. The van der Waals surface area contributed by atoms with E-state index in [-0.39, 0.29) is 0 Å². The van der Waals surface area contributed by atoms with E-state index in [9.17, 15) is 0 Å². The smallest absolute Gasteiger partial charge is 0.135 e. The van der Waals surface area contributed by atoms with E-state index in [4.69, 9.17) is 9.15 Å². The molecule has 1 saturated heterocycles. The number of methoxy groups -OCH3 is 1. The summed E-state index contributed by atoms with van der Waals surface area (Å²) in [6.45, 7) is 7.63. The van der Waals surface area contributed by atoms with Gasteiger partial charge in [-0.25, -0.2) is 0 Å². The first-order valence-electron chi connectivity index (χ1n) is 9.53. The Morgan fingerprint density at radius 1 is 1.19 bits per heavy atom. The van der Waals surface area contributed by atoms with Crippen molar-refractivity contribution in [1.82, 2.24) is 4.90 Å². The average molecular weight is 349 g/mol. The van der Waals surface area contributed by atoms with Gasteiger partial charge in [0.25, 0.3) is 0 Å². The maximum atomic E-state index is 6.13. The van der Waals surface area contributed by atoms with Crippen LogP contribution in [0.25, 0.3) is 22.1 Å². The van der Waals surface area contributed by atoms with E-state index in [1.807, 2.05) is 13.0 Å². The summed E-state index contributed by atoms with van der Waals surface area (Å²) in [5, 5.41) is 1.13. The van der Waals surface area contributed by atoms with Crippen LogP contribution < -0.4 is 4.74 Å². The van der Waals surface area contributed by atoms with Gasteiger partial charge in [-0.3, -0.25) is 4.90 Å². The van der Waals surface area contributed by atoms with E-state index in [1.165, 1.54) is 24.0 Å². The molecule has 0 radical (unpaired) electrons. The molecule has 1 unspecified atom stereocenters. The van der Waals surface area contributed by atoms with Gasteiger partial charge in [-0.05, 0) is 49.9 Å². The number of hydrogen-bond donors (Lipinski definition) is 0. The van der Waals surface area contributed by atoms with Crippen molar-refractivity contribution in [2.24, 2.45) is 5.92 Å². The van der Waals surface area contributed by atoms with Crippen molar-refractivity contribution < 1.29 is 9.15 Å². The van der Waals surface area contributed by atoms with E-state index in [0.717, 1.165) is 53.6 Å². The fourth-order valence-corrected chi connectivity index (χ4v) is 4.24. The summed E-state index contributed by atoms with van der Waals surface area (Å²) in [5.41, 5.74) is 4.50. The Morgan fingerprint density at radius 3 is 2.73 bits per heavy atom. The van der Waals surface area contributed by atoms with Crippen LogP contribution >= 0.6 is 0 Å². The predicted molar refractivity (Wildman–Crippen MR) is 107 cm³/mol. The van der Waals surface area contributed by atoms with Gasteiger partial charge in [-0.1, -0.05) is 37.3 Å². The maximum absolute atomic E-state index is 6.13. The molecular weight excluding hydrogens is 322 g/mol. The van der Waals surface area contributed by atoms with E-state index < -0.39 is 0 Å². The van der Waals surface area contributed by atoms with Gasteiger partial charge in [0.2, 0.25) is 0 Å². The number of nitrogens with zero attached hydrogens (tertiary/aromatic N) is 1. The lowest BCUT2D eigenvalue weighted by molar-refractivity contribution is 0.175. The van der Waals surface area contributed by atoms with Crippen molar-refractivity contribution in [3.63, 3.8) is 0 Å². The zero-order valence-corrected chi connectivity index (χ0v) is 15.9.